The first-order valence-electron chi connectivity index (χ1n) is 5.90. The number of hydrogen-bond donors (Lipinski definition) is 2. The molecule has 0 saturated heterocycles. The summed E-state index contributed by atoms with van der Waals surface area (Å²) in [5.74, 6) is 0. The van der Waals surface area contributed by atoms with Crippen LogP contribution in [0.25, 0.3) is 0 Å². The van der Waals surface area contributed by atoms with Crippen molar-refractivity contribution in [2.75, 3.05) is 24.2 Å². The van der Waals surface area contributed by atoms with Crippen molar-refractivity contribution in [3.63, 3.8) is 0 Å². The van der Waals surface area contributed by atoms with Crippen LogP contribution in [-0.2, 0) is 4.74 Å². The van der Waals surface area contributed by atoms with E-state index in [4.69, 9.17) is 10.5 Å². The zero-order valence-corrected chi connectivity index (χ0v) is 10.2. The molecule has 0 bridgehead atoms. The van der Waals surface area contributed by atoms with Gasteiger partial charge in [-0.1, -0.05) is 12.1 Å². The van der Waals surface area contributed by atoms with Crippen molar-refractivity contribution in [2.45, 2.75) is 32.8 Å². The number of unbranched alkanes of at least 4 members (excludes halogenated alkanes) is 1. The zero-order chi connectivity index (χ0) is 11.8. The van der Waals surface area contributed by atoms with Crippen LogP contribution < -0.4 is 11.1 Å². The molecule has 0 fully saturated rings. The van der Waals surface area contributed by atoms with Gasteiger partial charge in [-0.3, -0.25) is 0 Å². The van der Waals surface area contributed by atoms with Crippen molar-refractivity contribution < 1.29 is 4.74 Å². The molecule has 16 heavy (non-hydrogen) atoms. The van der Waals surface area contributed by atoms with Crippen LogP contribution in [0.2, 0.25) is 0 Å². The number of hydrogen-bond acceptors (Lipinski definition) is 3. The molecule has 3 N–H and O–H groups in total. The number of ether oxygens (including phenoxy) is 1. The van der Waals surface area contributed by atoms with Crippen molar-refractivity contribution in [3.8, 4) is 0 Å². The van der Waals surface area contributed by atoms with E-state index in [0.29, 0.717) is 6.10 Å². The van der Waals surface area contributed by atoms with E-state index < -0.39 is 0 Å². The molecular weight excluding hydrogens is 200 g/mol. The number of rotatable bonds is 7. The fraction of sp³-hybridized carbons (Fsp3) is 0.538. The average Bonchev–Trinajstić information content (AvgIpc) is 2.25. The van der Waals surface area contributed by atoms with Crippen LogP contribution in [0.15, 0.2) is 24.3 Å². The number of nitrogen functional groups attached to an aromatic ring is 1. The minimum Gasteiger partial charge on any atom is -0.397 e. The molecule has 0 radical (unpaired) electrons. The highest BCUT2D eigenvalue weighted by atomic mass is 16.5. The molecular formula is C13H22N2O. The summed E-state index contributed by atoms with van der Waals surface area (Å²) in [7, 11) is 0. The summed E-state index contributed by atoms with van der Waals surface area (Å²) >= 11 is 0. The van der Waals surface area contributed by atoms with Gasteiger partial charge in [0.25, 0.3) is 0 Å². The Morgan fingerprint density at radius 1 is 1.25 bits per heavy atom. The third-order valence-electron chi connectivity index (χ3n) is 2.30. The van der Waals surface area contributed by atoms with E-state index in [2.05, 4.69) is 19.2 Å². The first-order chi connectivity index (χ1) is 7.70. The van der Waals surface area contributed by atoms with Gasteiger partial charge in [0.05, 0.1) is 17.5 Å². The highest BCUT2D eigenvalue weighted by Gasteiger charge is 1.96. The average molecular weight is 222 g/mol. The van der Waals surface area contributed by atoms with Gasteiger partial charge < -0.3 is 15.8 Å². The van der Waals surface area contributed by atoms with Gasteiger partial charge in [0.2, 0.25) is 0 Å². The maximum absolute atomic E-state index is 5.81. The summed E-state index contributed by atoms with van der Waals surface area (Å²) in [5.41, 5.74) is 7.64. The number of nitrogens with two attached hydrogens (primary N) is 1. The van der Waals surface area contributed by atoms with Gasteiger partial charge >= 0.3 is 0 Å². The van der Waals surface area contributed by atoms with Crippen LogP contribution in [-0.4, -0.2) is 19.3 Å². The number of para-hydroxylation sites is 2. The molecule has 0 aromatic heterocycles. The summed E-state index contributed by atoms with van der Waals surface area (Å²) in [6.45, 7) is 5.89. The Hall–Kier alpha value is -1.22. The summed E-state index contributed by atoms with van der Waals surface area (Å²) in [4.78, 5) is 0. The van der Waals surface area contributed by atoms with Crippen molar-refractivity contribution in [1.29, 1.82) is 0 Å². The molecule has 1 aromatic rings. The predicted molar refractivity (Wildman–Crippen MR) is 69.7 cm³/mol. The Morgan fingerprint density at radius 3 is 2.69 bits per heavy atom. The van der Waals surface area contributed by atoms with Crippen molar-refractivity contribution in [1.82, 2.24) is 0 Å². The van der Waals surface area contributed by atoms with Crippen molar-refractivity contribution in [2.24, 2.45) is 0 Å². The molecule has 1 rings (SSSR count). The molecule has 0 atom stereocenters. The molecule has 3 heteroatoms. The van der Waals surface area contributed by atoms with E-state index in [1.807, 2.05) is 24.3 Å². The minimum absolute atomic E-state index is 0.331. The maximum atomic E-state index is 5.81. The largest absolute Gasteiger partial charge is 0.397 e. The second kappa shape index (κ2) is 7.12. The second-order valence-corrected chi connectivity index (χ2v) is 4.14. The minimum atomic E-state index is 0.331. The van der Waals surface area contributed by atoms with E-state index in [1.165, 1.54) is 0 Å². The molecule has 90 valence electrons. The summed E-state index contributed by atoms with van der Waals surface area (Å²) in [5, 5.41) is 3.32. The molecule has 0 unspecified atom stereocenters. The lowest BCUT2D eigenvalue weighted by Crippen LogP contribution is -2.07. The van der Waals surface area contributed by atoms with Crippen LogP contribution in [0.1, 0.15) is 26.7 Å². The second-order valence-electron chi connectivity index (χ2n) is 4.14. The first kappa shape index (κ1) is 12.8. The van der Waals surface area contributed by atoms with Crippen LogP contribution >= 0.6 is 0 Å². The number of benzene rings is 1. The molecule has 0 aliphatic heterocycles. The maximum Gasteiger partial charge on any atom is 0.0573 e. The summed E-state index contributed by atoms with van der Waals surface area (Å²) in [6, 6.07) is 7.84. The topological polar surface area (TPSA) is 47.3 Å². The van der Waals surface area contributed by atoms with Crippen molar-refractivity contribution in [3.05, 3.63) is 24.3 Å². The lowest BCUT2D eigenvalue weighted by Gasteiger charge is -2.10. The Balaban J connectivity index is 2.10. The highest BCUT2D eigenvalue weighted by molar-refractivity contribution is 5.65. The Morgan fingerprint density at radius 2 is 2.00 bits per heavy atom. The van der Waals surface area contributed by atoms with Crippen LogP contribution in [0.5, 0.6) is 0 Å². The SMILES string of the molecule is CC(C)OCCCCNc1ccccc1N. The highest BCUT2D eigenvalue weighted by Crippen LogP contribution is 2.16. The van der Waals surface area contributed by atoms with Crippen molar-refractivity contribution >= 4 is 11.4 Å². The van der Waals surface area contributed by atoms with Gasteiger partial charge in [-0.05, 0) is 38.8 Å². The van der Waals surface area contributed by atoms with Gasteiger partial charge in [-0.2, -0.15) is 0 Å². The van der Waals surface area contributed by atoms with Gasteiger partial charge in [0, 0.05) is 13.2 Å². The number of nitrogens with one attached hydrogen (secondary N) is 1. The van der Waals surface area contributed by atoms with Gasteiger partial charge in [-0.15, -0.1) is 0 Å². The lowest BCUT2D eigenvalue weighted by molar-refractivity contribution is 0.0765. The zero-order valence-electron chi connectivity index (χ0n) is 10.2. The summed E-state index contributed by atoms with van der Waals surface area (Å²) in [6.07, 6.45) is 2.51. The van der Waals surface area contributed by atoms with E-state index >= 15 is 0 Å². The van der Waals surface area contributed by atoms with E-state index in [-0.39, 0.29) is 0 Å². The van der Waals surface area contributed by atoms with Crippen LogP contribution in [0.4, 0.5) is 11.4 Å². The molecule has 1 aromatic carbocycles. The lowest BCUT2D eigenvalue weighted by atomic mass is 10.2. The first-order valence-corrected chi connectivity index (χ1v) is 5.90. The smallest absolute Gasteiger partial charge is 0.0573 e. The third kappa shape index (κ3) is 5.03. The van der Waals surface area contributed by atoms with Gasteiger partial charge in [0.1, 0.15) is 0 Å². The predicted octanol–water partition coefficient (Wildman–Crippen LogP) is 2.89. The molecule has 0 aliphatic carbocycles. The fourth-order valence-electron chi connectivity index (χ4n) is 1.43. The Labute approximate surface area is 98.0 Å². The molecule has 0 spiro atoms. The molecule has 0 heterocycles. The number of anilines is 2. The van der Waals surface area contributed by atoms with E-state index in [0.717, 1.165) is 37.4 Å². The summed E-state index contributed by atoms with van der Waals surface area (Å²) < 4.78 is 5.47. The standard InChI is InChI=1S/C13H22N2O/c1-11(2)16-10-6-5-9-15-13-8-4-3-7-12(13)14/h3-4,7-8,11,15H,5-6,9-10,14H2,1-2H3. The van der Waals surface area contributed by atoms with Gasteiger partial charge in [-0.25, -0.2) is 0 Å². The normalized spacial score (nSPS) is 10.7. The quantitative estimate of drug-likeness (QED) is 0.551. The molecule has 3 nitrogen and oxygen atoms in total. The van der Waals surface area contributed by atoms with Gasteiger partial charge in [0.15, 0.2) is 0 Å². The van der Waals surface area contributed by atoms with E-state index in [1.54, 1.807) is 0 Å². The molecule has 0 aliphatic rings. The van der Waals surface area contributed by atoms with E-state index in [9.17, 15) is 0 Å². The third-order valence-corrected chi connectivity index (χ3v) is 2.30. The monoisotopic (exact) mass is 222 g/mol. The molecule has 0 saturated carbocycles. The Kier molecular flexibility index (Phi) is 5.72. The fourth-order valence-corrected chi connectivity index (χ4v) is 1.43. The Bertz CT molecular complexity index is 300. The van der Waals surface area contributed by atoms with Crippen LogP contribution in [0, 0.1) is 0 Å². The molecule has 0 amide bonds. The van der Waals surface area contributed by atoms with Crippen LogP contribution in [0.3, 0.4) is 0 Å².